The molecular formula is C14H15FN2O2S. The second-order valence-corrected chi connectivity index (χ2v) is 5.40. The van der Waals surface area contributed by atoms with E-state index in [-0.39, 0.29) is 12.4 Å². The average molecular weight is 294 g/mol. The number of methoxy groups -OCH3 is 1. The molecule has 1 aromatic heterocycles. The van der Waals surface area contributed by atoms with Crippen molar-refractivity contribution in [3.63, 3.8) is 0 Å². The van der Waals surface area contributed by atoms with Gasteiger partial charge in [0.2, 0.25) is 0 Å². The summed E-state index contributed by atoms with van der Waals surface area (Å²) in [5.74, 6) is -0.790. The van der Waals surface area contributed by atoms with Crippen molar-refractivity contribution in [1.29, 1.82) is 0 Å². The lowest BCUT2D eigenvalue weighted by Crippen LogP contribution is -2.45. The van der Waals surface area contributed by atoms with Crippen LogP contribution in [0.3, 0.4) is 0 Å². The topological polar surface area (TPSA) is 65.2 Å². The standard InChI is InChI=1S/C14H15FN2O2S/c1-19-13(18)14(8-16,6-12-7-17-9-20-12)10-2-4-11(15)5-3-10/h2-5,7,9H,6,8,16H2,1H3. The predicted octanol–water partition coefficient (Wildman–Crippen LogP) is 1.89. The first-order valence-corrected chi connectivity index (χ1v) is 6.92. The molecule has 0 radical (unpaired) electrons. The third kappa shape index (κ3) is 2.71. The molecule has 0 bridgehead atoms. The Morgan fingerprint density at radius 1 is 1.45 bits per heavy atom. The van der Waals surface area contributed by atoms with Gasteiger partial charge < -0.3 is 10.5 Å². The number of esters is 1. The van der Waals surface area contributed by atoms with Crippen LogP contribution < -0.4 is 5.73 Å². The summed E-state index contributed by atoms with van der Waals surface area (Å²) in [6, 6.07) is 5.77. The third-order valence-corrected chi connectivity index (χ3v) is 4.06. The van der Waals surface area contributed by atoms with E-state index in [1.165, 1.54) is 30.6 Å². The highest BCUT2D eigenvalue weighted by Gasteiger charge is 2.40. The van der Waals surface area contributed by atoms with Gasteiger partial charge in [-0.2, -0.15) is 0 Å². The summed E-state index contributed by atoms with van der Waals surface area (Å²) in [6.07, 6.45) is 2.08. The van der Waals surface area contributed by atoms with Gasteiger partial charge in [-0.15, -0.1) is 11.3 Å². The van der Waals surface area contributed by atoms with Crippen molar-refractivity contribution in [3.8, 4) is 0 Å². The highest BCUT2D eigenvalue weighted by Crippen LogP contribution is 2.30. The van der Waals surface area contributed by atoms with E-state index in [0.29, 0.717) is 12.0 Å². The van der Waals surface area contributed by atoms with E-state index in [9.17, 15) is 9.18 Å². The van der Waals surface area contributed by atoms with Crippen molar-refractivity contribution in [3.05, 3.63) is 52.2 Å². The van der Waals surface area contributed by atoms with E-state index in [1.54, 1.807) is 23.8 Å². The van der Waals surface area contributed by atoms with Crippen LogP contribution in [0.5, 0.6) is 0 Å². The molecule has 0 spiro atoms. The van der Waals surface area contributed by atoms with Crippen LogP contribution in [0.4, 0.5) is 4.39 Å². The number of carbonyl (C=O) groups excluding carboxylic acids is 1. The number of halogens is 1. The largest absolute Gasteiger partial charge is 0.468 e. The summed E-state index contributed by atoms with van der Waals surface area (Å²) < 4.78 is 18.0. The fourth-order valence-electron chi connectivity index (χ4n) is 2.16. The molecule has 0 aliphatic carbocycles. The molecule has 0 saturated carbocycles. The van der Waals surface area contributed by atoms with Crippen molar-refractivity contribution in [2.75, 3.05) is 13.7 Å². The molecular weight excluding hydrogens is 279 g/mol. The van der Waals surface area contributed by atoms with Crippen LogP contribution in [0.1, 0.15) is 10.4 Å². The molecule has 2 aromatic rings. The smallest absolute Gasteiger partial charge is 0.317 e. The number of nitrogens with two attached hydrogens (primary N) is 1. The summed E-state index contributed by atoms with van der Waals surface area (Å²) >= 11 is 1.44. The Labute approximate surface area is 120 Å². The Hall–Kier alpha value is -1.79. The quantitative estimate of drug-likeness (QED) is 0.855. The van der Waals surface area contributed by atoms with Gasteiger partial charge in [-0.05, 0) is 17.7 Å². The summed E-state index contributed by atoms with van der Waals surface area (Å²) in [5.41, 5.74) is 7.18. The number of ether oxygens (including phenoxy) is 1. The number of nitrogens with zero attached hydrogens (tertiary/aromatic N) is 1. The molecule has 0 aliphatic rings. The van der Waals surface area contributed by atoms with Crippen LogP contribution in [-0.2, 0) is 21.4 Å². The van der Waals surface area contributed by atoms with Crippen LogP contribution in [0.15, 0.2) is 36.0 Å². The van der Waals surface area contributed by atoms with Crippen molar-refractivity contribution in [2.24, 2.45) is 5.73 Å². The van der Waals surface area contributed by atoms with E-state index < -0.39 is 11.4 Å². The maximum absolute atomic E-state index is 13.1. The van der Waals surface area contributed by atoms with Crippen LogP contribution in [0.25, 0.3) is 0 Å². The molecule has 20 heavy (non-hydrogen) atoms. The number of rotatable bonds is 5. The van der Waals surface area contributed by atoms with Gasteiger partial charge in [-0.25, -0.2) is 4.39 Å². The molecule has 6 heteroatoms. The van der Waals surface area contributed by atoms with Crippen molar-refractivity contribution in [2.45, 2.75) is 11.8 Å². The van der Waals surface area contributed by atoms with Gasteiger partial charge in [-0.1, -0.05) is 12.1 Å². The molecule has 1 atom stereocenters. The lowest BCUT2D eigenvalue weighted by Gasteiger charge is -2.29. The monoisotopic (exact) mass is 294 g/mol. The fourth-order valence-corrected chi connectivity index (χ4v) is 2.87. The first-order valence-electron chi connectivity index (χ1n) is 6.04. The van der Waals surface area contributed by atoms with Crippen LogP contribution >= 0.6 is 11.3 Å². The summed E-state index contributed by atoms with van der Waals surface area (Å²) in [5, 5.41) is 0. The maximum Gasteiger partial charge on any atom is 0.317 e. The number of hydrogen-bond acceptors (Lipinski definition) is 5. The molecule has 1 heterocycles. The molecule has 1 aromatic carbocycles. The van der Waals surface area contributed by atoms with Crippen molar-refractivity contribution >= 4 is 17.3 Å². The molecule has 0 saturated heterocycles. The molecule has 0 amide bonds. The Morgan fingerprint density at radius 3 is 2.65 bits per heavy atom. The third-order valence-electron chi connectivity index (χ3n) is 3.28. The van der Waals surface area contributed by atoms with Crippen molar-refractivity contribution in [1.82, 2.24) is 4.98 Å². The second kappa shape index (κ2) is 6.11. The lowest BCUT2D eigenvalue weighted by atomic mass is 9.77. The zero-order chi connectivity index (χ0) is 14.6. The summed E-state index contributed by atoms with van der Waals surface area (Å²) in [4.78, 5) is 17.2. The van der Waals surface area contributed by atoms with Gasteiger partial charge in [0.15, 0.2) is 0 Å². The lowest BCUT2D eigenvalue weighted by molar-refractivity contribution is -0.147. The highest BCUT2D eigenvalue weighted by molar-refractivity contribution is 7.09. The SMILES string of the molecule is COC(=O)C(CN)(Cc1cncs1)c1ccc(F)cc1. The Morgan fingerprint density at radius 2 is 2.15 bits per heavy atom. The van der Waals surface area contributed by atoms with Crippen molar-refractivity contribution < 1.29 is 13.9 Å². The predicted molar refractivity (Wildman–Crippen MR) is 75.0 cm³/mol. The summed E-state index contributed by atoms with van der Waals surface area (Å²) in [6.45, 7) is 0.0726. The van der Waals surface area contributed by atoms with Gasteiger partial charge in [0.1, 0.15) is 11.2 Å². The zero-order valence-electron chi connectivity index (χ0n) is 11.0. The number of hydrogen-bond donors (Lipinski definition) is 1. The van der Waals surface area contributed by atoms with Crippen LogP contribution in [-0.4, -0.2) is 24.6 Å². The van der Waals surface area contributed by atoms with E-state index in [2.05, 4.69) is 4.98 Å². The van der Waals surface area contributed by atoms with Gasteiger partial charge >= 0.3 is 5.97 Å². The first kappa shape index (κ1) is 14.6. The molecule has 4 nitrogen and oxygen atoms in total. The fraction of sp³-hybridized carbons (Fsp3) is 0.286. The molecule has 1 unspecified atom stereocenters. The van der Waals surface area contributed by atoms with Gasteiger partial charge in [0, 0.05) is 24.0 Å². The van der Waals surface area contributed by atoms with E-state index >= 15 is 0 Å². The van der Waals surface area contributed by atoms with Crippen LogP contribution in [0.2, 0.25) is 0 Å². The first-order chi connectivity index (χ1) is 9.62. The molecule has 106 valence electrons. The number of thiazole rings is 1. The van der Waals surface area contributed by atoms with E-state index in [1.807, 2.05) is 0 Å². The second-order valence-electron chi connectivity index (χ2n) is 4.43. The Balaban J connectivity index is 2.46. The summed E-state index contributed by atoms with van der Waals surface area (Å²) in [7, 11) is 1.32. The Kier molecular flexibility index (Phi) is 4.46. The highest BCUT2D eigenvalue weighted by atomic mass is 32.1. The number of benzene rings is 1. The normalized spacial score (nSPS) is 13.8. The van der Waals surface area contributed by atoms with Gasteiger partial charge in [0.25, 0.3) is 0 Å². The molecule has 0 fully saturated rings. The maximum atomic E-state index is 13.1. The molecule has 0 aliphatic heterocycles. The van der Waals surface area contributed by atoms with Gasteiger partial charge in [-0.3, -0.25) is 9.78 Å². The van der Waals surface area contributed by atoms with Crippen LogP contribution in [0, 0.1) is 5.82 Å². The van der Waals surface area contributed by atoms with E-state index in [0.717, 1.165) is 4.88 Å². The van der Waals surface area contributed by atoms with Gasteiger partial charge in [0.05, 0.1) is 12.6 Å². The molecule has 2 N–H and O–H groups in total. The minimum Gasteiger partial charge on any atom is -0.468 e. The minimum absolute atomic E-state index is 0.0726. The minimum atomic E-state index is -1.02. The molecule has 2 rings (SSSR count). The Bertz CT molecular complexity index is 571. The number of aromatic nitrogens is 1. The number of carbonyl (C=O) groups is 1. The van der Waals surface area contributed by atoms with E-state index in [4.69, 9.17) is 10.5 Å². The zero-order valence-corrected chi connectivity index (χ0v) is 11.8. The average Bonchev–Trinajstić information content (AvgIpc) is 2.98.